The number of primary amides is 1. The van der Waals surface area contributed by atoms with E-state index in [2.05, 4.69) is 25.2 Å². The topological polar surface area (TPSA) is 69.1 Å². The van der Waals surface area contributed by atoms with Gasteiger partial charge < -0.3 is 11.5 Å². The van der Waals surface area contributed by atoms with Crippen molar-refractivity contribution in [3.8, 4) is 0 Å². The first-order chi connectivity index (χ1) is 6.04. The Hall–Kier alpha value is -1.42. The highest BCUT2D eigenvalue weighted by molar-refractivity contribution is 7.80. The van der Waals surface area contributed by atoms with Gasteiger partial charge >= 0.3 is 0 Å². The van der Waals surface area contributed by atoms with Crippen LogP contribution in [-0.2, 0) is 0 Å². The standard InChI is InChI=1S/C7H6NO.C2H4NS/c8-7(9)6-4-2-1-3-5-6;1-2(3)4/h2-5H,(H2,8,9);1H2,(H2,3,4). The summed E-state index contributed by atoms with van der Waals surface area (Å²) in [6.07, 6.45) is 0. The number of hydrogen-bond donors (Lipinski definition) is 2. The maximum atomic E-state index is 10.4. The number of hydrogen-bond acceptors (Lipinski definition) is 2. The molecule has 4 N–H and O–H groups in total. The predicted octanol–water partition coefficient (Wildman–Crippen LogP) is 0.692. The molecule has 0 unspecified atom stereocenters. The second-order valence-electron chi connectivity index (χ2n) is 2.12. The quantitative estimate of drug-likeness (QED) is 0.646. The summed E-state index contributed by atoms with van der Waals surface area (Å²) in [5, 5.41) is 0. The highest BCUT2D eigenvalue weighted by Crippen LogP contribution is 1.94. The second-order valence-corrected chi connectivity index (χ2v) is 2.64. The van der Waals surface area contributed by atoms with Crippen molar-refractivity contribution < 1.29 is 4.79 Å². The van der Waals surface area contributed by atoms with E-state index in [-0.39, 0.29) is 4.99 Å². The first kappa shape index (κ1) is 11.6. The maximum Gasteiger partial charge on any atom is 0.248 e. The van der Waals surface area contributed by atoms with Crippen molar-refractivity contribution in [3.63, 3.8) is 0 Å². The third-order valence-corrected chi connectivity index (χ3v) is 1.00. The SMILES string of the molecule is NC(=O)c1cc[c]cc1.[CH2]C(N)=S. The Bertz CT molecular complexity index is 281. The van der Waals surface area contributed by atoms with Gasteiger partial charge in [0.1, 0.15) is 0 Å². The van der Waals surface area contributed by atoms with Crippen LogP contribution in [0.4, 0.5) is 0 Å². The molecule has 2 radical (unpaired) electrons. The van der Waals surface area contributed by atoms with Crippen LogP contribution >= 0.6 is 12.2 Å². The summed E-state index contributed by atoms with van der Waals surface area (Å²) in [6, 6.07) is 9.34. The van der Waals surface area contributed by atoms with Crippen molar-refractivity contribution in [1.29, 1.82) is 0 Å². The highest BCUT2D eigenvalue weighted by atomic mass is 32.1. The Morgan fingerprint density at radius 2 is 1.77 bits per heavy atom. The number of carbonyl (C=O) groups excluding carboxylic acids is 1. The molecular formula is C9H10N2OS. The van der Waals surface area contributed by atoms with Crippen molar-refractivity contribution in [3.05, 3.63) is 42.8 Å². The molecule has 0 fully saturated rings. The third kappa shape index (κ3) is 6.96. The third-order valence-electron chi connectivity index (χ3n) is 1.00. The summed E-state index contributed by atoms with van der Waals surface area (Å²) in [4.78, 5) is 10.7. The average Bonchev–Trinajstić information content (AvgIpc) is 2.05. The maximum absolute atomic E-state index is 10.4. The molecule has 1 aromatic rings. The first-order valence-corrected chi connectivity index (χ1v) is 3.82. The van der Waals surface area contributed by atoms with E-state index < -0.39 is 5.91 Å². The zero-order valence-corrected chi connectivity index (χ0v) is 7.80. The van der Waals surface area contributed by atoms with Gasteiger partial charge in [0, 0.05) is 12.5 Å². The molecule has 0 saturated carbocycles. The van der Waals surface area contributed by atoms with E-state index in [1.807, 2.05) is 0 Å². The molecule has 1 aromatic carbocycles. The number of nitrogens with two attached hydrogens (primary N) is 2. The largest absolute Gasteiger partial charge is 0.393 e. The van der Waals surface area contributed by atoms with Crippen molar-refractivity contribution in [2.45, 2.75) is 0 Å². The molecule has 3 nitrogen and oxygen atoms in total. The van der Waals surface area contributed by atoms with E-state index >= 15 is 0 Å². The molecule has 0 aliphatic heterocycles. The Morgan fingerprint density at radius 3 is 2.00 bits per heavy atom. The summed E-state index contributed by atoms with van der Waals surface area (Å²) in [7, 11) is 0. The lowest BCUT2D eigenvalue weighted by molar-refractivity contribution is 0.100. The summed E-state index contributed by atoms with van der Waals surface area (Å²) in [5.74, 6) is -0.399. The summed E-state index contributed by atoms with van der Waals surface area (Å²) in [6.45, 7) is 3.15. The smallest absolute Gasteiger partial charge is 0.248 e. The molecule has 4 heteroatoms. The molecule has 0 aliphatic rings. The van der Waals surface area contributed by atoms with Crippen LogP contribution in [0.1, 0.15) is 10.4 Å². The lowest BCUT2D eigenvalue weighted by Gasteiger charge is -1.89. The van der Waals surface area contributed by atoms with E-state index in [0.717, 1.165) is 0 Å². The van der Waals surface area contributed by atoms with E-state index in [9.17, 15) is 4.79 Å². The number of amides is 1. The molecule has 68 valence electrons. The molecule has 0 heterocycles. The zero-order chi connectivity index (χ0) is 10.3. The fourth-order valence-corrected chi connectivity index (χ4v) is 0.551. The number of thiocarbonyl (C=S) groups is 1. The van der Waals surface area contributed by atoms with E-state index in [1.54, 1.807) is 24.3 Å². The normalized spacial score (nSPS) is 8.08. The molecule has 1 rings (SSSR count). The van der Waals surface area contributed by atoms with Gasteiger partial charge in [0.25, 0.3) is 0 Å². The van der Waals surface area contributed by atoms with E-state index in [0.29, 0.717) is 5.56 Å². The lowest BCUT2D eigenvalue weighted by atomic mass is 10.2. The molecular weight excluding hydrogens is 184 g/mol. The molecule has 0 aromatic heterocycles. The van der Waals surface area contributed by atoms with Gasteiger partial charge in [0.15, 0.2) is 0 Å². The van der Waals surface area contributed by atoms with Gasteiger partial charge in [-0.05, 0) is 18.2 Å². The van der Waals surface area contributed by atoms with Gasteiger partial charge in [0.2, 0.25) is 5.91 Å². The Balaban J connectivity index is 0.000000310. The summed E-state index contributed by atoms with van der Waals surface area (Å²) < 4.78 is 0. The minimum absolute atomic E-state index is 0.250. The molecule has 0 bridgehead atoms. The molecule has 13 heavy (non-hydrogen) atoms. The second kappa shape index (κ2) is 6.14. The van der Waals surface area contributed by atoms with Crippen molar-refractivity contribution >= 4 is 23.1 Å². The van der Waals surface area contributed by atoms with Gasteiger partial charge in [-0.25, -0.2) is 0 Å². The minimum Gasteiger partial charge on any atom is -0.393 e. The highest BCUT2D eigenvalue weighted by Gasteiger charge is 1.93. The molecule has 0 aliphatic carbocycles. The summed E-state index contributed by atoms with van der Waals surface area (Å²) >= 11 is 4.20. The van der Waals surface area contributed by atoms with E-state index in [4.69, 9.17) is 11.5 Å². The van der Waals surface area contributed by atoms with Gasteiger partial charge in [-0.15, -0.1) is 0 Å². The average molecular weight is 194 g/mol. The number of benzene rings is 1. The van der Waals surface area contributed by atoms with Gasteiger partial charge in [-0.1, -0.05) is 24.4 Å². The van der Waals surface area contributed by atoms with Crippen LogP contribution in [0.15, 0.2) is 24.3 Å². The predicted molar refractivity (Wildman–Crippen MR) is 55.9 cm³/mol. The van der Waals surface area contributed by atoms with Crippen LogP contribution in [0.5, 0.6) is 0 Å². The van der Waals surface area contributed by atoms with Crippen molar-refractivity contribution in [2.75, 3.05) is 0 Å². The Morgan fingerprint density at radius 1 is 1.38 bits per heavy atom. The van der Waals surface area contributed by atoms with Gasteiger partial charge in [-0.3, -0.25) is 4.79 Å². The minimum atomic E-state index is -0.399. The van der Waals surface area contributed by atoms with Crippen molar-refractivity contribution in [1.82, 2.24) is 0 Å². The monoisotopic (exact) mass is 194 g/mol. The molecule has 0 saturated heterocycles. The lowest BCUT2D eigenvalue weighted by Crippen LogP contribution is -2.09. The first-order valence-electron chi connectivity index (χ1n) is 3.41. The van der Waals surface area contributed by atoms with Crippen LogP contribution in [-0.4, -0.2) is 10.9 Å². The summed E-state index contributed by atoms with van der Waals surface area (Å²) in [5.41, 5.74) is 10.2. The van der Waals surface area contributed by atoms with Crippen LogP contribution < -0.4 is 11.5 Å². The zero-order valence-electron chi connectivity index (χ0n) is 6.99. The van der Waals surface area contributed by atoms with Crippen LogP contribution in [0.2, 0.25) is 0 Å². The van der Waals surface area contributed by atoms with E-state index in [1.165, 1.54) is 0 Å². The fourth-order valence-electron chi connectivity index (χ4n) is 0.551. The molecule has 0 spiro atoms. The fraction of sp³-hybridized carbons (Fsp3) is 0. The molecule has 1 amide bonds. The van der Waals surface area contributed by atoms with Crippen LogP contribution in [0.25, 0.3) is 0 Å². The Labute approximate surface area is 82.7 Å². The number of rotatable bonds is 1. The van der Waals surface area contributed by atoms with Gasteiger partial charge in [-0.2, -0.15) is 0 Å². The van der Waals surface area contributed by atoms with Crippen LogP contribution in [0.3, 0.4) is 0 Å². The van der Waals surface area contributed by atoms with Crippen molar-refractivity contribution in [2.24, 2.45) is 11.5 Å². The Kier molecular flexibility index (Phi) is 5.47. The van der Waals surface area contributed by atoms with Crippen LogP contribution in [0, 0.1) is 13.0 Å². The van der Waals surface area contributed by atoms with Gasteiger partial charge in [0.05, 0.1) is 4.99 Å². The number of carbonyl (C=O) groups is 1. The molecule has 0 atom stereocenters.